The Hall–Kier alpha value is -1.18. The van der Waals surface area contributed by atoms with E-state index in [4.69, 9.17) is 5.11 Å². The Balaban J connectivity index is 3.07. The molecule has 0 saturated carbocycles. The van der Waals surface area contributed by atoms with Gasteiger partial charge in [-0.1, -0.05) is 0 Å². The topological polar surface area (TPSA) is 57.6 Å². The van der Waals surface area contributed by atoms with Gasteiger partial charge in [-0.25, -0.2) is 4.39 Å². The number of halogens is 2. The molecule has 0 spiro atoms. The molecule has 1 amide bonds. The van der Waals surface area contributed by atoms with Crippen molar-refractivity contribution < 1.29 is 19.1 Å². The molecule has 1 aromatic carbocycles. The number of benzene rings is 1. The fourth-order valence-corrected chi connectivity index (χ4v) is 2.47. The molecule has 0 atom stereocenters. The molecule has 0 saturated heterocycles. The van der Waals surface area contributed by atoms with Crippen LogP contribution in [0.2, 0.25) is 0 Å². The number of carboxylic acids is 1. The second-order valence-corrected chi connectivity index (χ2v) is 6.56. The van der Waals surface area contributed by atoms with E-state index in [1.54, 1.807) is 0 Å². The third kappa shape index (κ3) is 4.43. The first-order valence-electron chi connectivity index (χ1n) is 6.11. The fourth-order valence-electron chi connectivity index (χ4n) is 1.76. The number of hydrogen-bond acceptors (Lipinski definition) is 2. The van der Waals surface area contributed by atoms with Gasteiger partial charge in [0.2, 0.25) is 0 Å². The lowest BCUT2D eigenvalue weighted by molar-refractivity contribution is -0.137. The summed E-state index contributed by atoms with van der Waals surface area (Å²) < 4.78 is 13.6. The molecule has 6 heteroatoms. The van der Waals surface area contributed by atoms with Crippen molar-refractivity contribution in [1.82, 2.24) is 4.90 Å². The van der Waals surface area contributed by atoms with Gasteiger partial charge in [-0.15, -0.1) is 0 Å². The van der Waals surface area contributed by atoms with Crippen molar-refractivity contribution in [1.29, 1.82) is 0 Å². The standard InChI is InChI=1S/C14H17FINO3/c1-14(2,3)17(7-6-12(18)19)13(20)10-5-4-9(15)8-11(10)16/h4-5,8H,6-7H2,1-3H3,(H,18,19). The zero-order valence-corrected chi connectivity index (χ0v) is 13.8. The Morgan fingerprint density at radius 1 is 1.35 bits per heavy atom. The van der Waals surface area contributed by atoms with Crippen LogP contribution in [0.1, 0.15) is 37.6 Å². The van der Waals surface area contributed by atoms with E-state index in [2.05, 4.69) is 0 Å². The highest BCUT2D eigenvalue weighted by Crippen LogP contribution is 2.21. The van der Waals surface area contributed by atoms with Gasteiger partial charge in [0, 0.05) is 15.7 Å². The van der Waals surface area contributed by atoms with Gasteiger partial charge < -0.3 is 10.0 Å². The van der Waals surface area contributed by atoms with Crippen LogP contribution in [0.25, 0.3) is 0 Å². The summed E-state index contributed by atoms with van der Waals surface area (Å²) in [7, 11) is 0. The minimum atomic E-state index is -0.958. The Labute approximate surface area is 131 Å². The summed E-state index contributed by atoms with van der Waals surface area (Å²) in [6.07, 6.45) is -0.124. The summed E-state index contributed by atoms with van der Waals surface area (Å²) in [5.41, 5.74) is -0.128. The van der Waals surface area contributed by atoms with E-state index in [1.165, 1.54) is 23.1 Å². The van der Waals surface area contributed by atoms with E-state index < -0.39 is 17.3 Å². The van der Waals surface area contributed by atoms with Gasteiger partial charge in [0.05, 0.1) is 12.0 Å². The molecule has 1 N–H and O–H groups in total. The van der Waals surface area contributed by atoms with Gasteiger partial charge in [-0.3, -0.25) is 9.59 Å². The molecule has 1 rings (SSSR count). The number of carboxylic acid groups (broad SMARTS) is 1. The summed E-state index contributed by atoms with van der Waals surface area (Å²) >= 11 is 1.90. The Bertz CT molecular complexity index is 526. The Kier molecular flexibility index (Phi) is 5.50. The monoisotopic (exact) mass is 393 g/mol. The first-order valence-corrected chi connectivity index (χ1v) is 7.19. The largest absolute Gasteiger partial charge is 0.481 e. The lowest BCUT2D eigenvalue weighted by Crippen LogP contribution is -2.46. The SMILES string of the molecule is CC(C)(C)N(CCC(=O)O)C(=O)c1ccc(F)cc1I. The van der Waals surface area contributed by atoms with Crippen LogP contribution in [0.15, 0.2) is 18.2 Å². The van der Waals surface area contributed by atoms with Crippen molar-refractivity contribution in [2.24, 2.45) is 0 Å². The zero-order chi connectivity index (χ0) is 15.5. The van der Waals surface area contributed by atoms with Crippen molar-refractivity contribution >= 4 is 34.5 Å². The number of aliphatic carboxylic acids is 1. The van der Waals surface area contributed by atoms with Gasteiger partial charge in [0.1, 0.15) is 5.82 Å². The van der Waals surface area contributed by atoms with Crippen molar-refractivity contribution in [3.05, 3.63) is 33.1 Å². The quantitative estimate of drug-likeness (QED) is 0.800. The maximum absolute atomic E-state index is 13.1. The number of amides is 1. The summed E-state index contributed by atoms with van der Waals surface area (Å²) in [5, 5.41) is 8.78. The van der Waals surface area contributed by atoms with Crippen LogP contribution in [0.3, 0.4) is 0 Å². The average Bonchev–Trinajstić information content (AvgIpc) is 2.26. The molecule has 0 aliphatic carbocycles. The van der Waals surface area contributed by atoms with Gasteiger partial charge in [-0.05, 0) is 61.6 Å². The number of carbonyl (C=O) groups excluding carboxylic acids is 1. The van der Waals surface area contributed by atoms with Crippen molar-refractivity contribution in [2.45, 2.75) is 32.7 Å². The molecule has 0 bridgehead atoms. The van der Waals surface area contributed by atoms with Gasteiger partial charge in [-0.2, -0.15) is 0 Å². The summed E-state index contributed by atoms with van der Waals surface area (Å²) in [6.45, 7) is 5.63. The van der Waals surface area contributed by atoms with Crippen LogP contribution in [-0.4, -0.2) is 34.0 Å². The predicted octanol–water partition coefficient (Wildman–Crippen LogP) is 3.15. The third-order valence-electron chi connectivity index (χ3n) is 2.77. The molecule has 0 radical (unpaired) electrons. The normalized spacial score (nSPS) is 11.2. The van der Waals surface area contributed by atoms with Gasteiger partial charge in [0.25, 0.3) is 5.91 Å². The van der Waals surface area contributed by atoms with Crippen LogP contribution < -0.4 is 0 Å². The molecule has 0 aliphatic heterocycles. The maximum Gasteiger partial charge on any atom is 0.305 e. The minimum absolute atomic E-state index is 0.116. The Morgan fingerprint density at radius 2 is 1.95 bits per heavy atom. The highest BCUT2D eigenvalue weighted by Gasteiger charge is 2.28. The van der Waals surface area contributed by atoms with Crippen LogP contribution in [0, 0.1) is 9.39 Å². The number of nitrogens with zero attached hydrogens (tertiary/aromatic N) is 1. The second-order valence-electron chi connectivity index (χ2n) is 5.40. The van der Waals surface area contributed by atoms with Gasteiger partial charge >= 0.3 is 5.97 Å². The smallest absolute Gasteiger partial charge is 0.305 e. The molecule has 0 unspecified atom stereocenters. The first kappa shape index (κ1) is 16.9. The first-order chi connectivity index (χ1) is 9.12. The highest BCUT2D eigenvalue weighted by atomic mass is 127. The second kappa shape index (κ2) is 6.51. The van der Waals surface area contributed by atoms with Crippen molar-refractivity contribution in [2.75, 3.05) is 6.54 Å². The predicted molar refractivity (Wildman–Crippen MR) is 82.2 cm³/mol. The maximum atomic E-state index is 13.1. The Morgan fingerprint density at radius 3 is 2.40 bits per heavy atom. The molecule has 4 nitrogen and oxygen atoms in total. The number of hydrogen-bond donors (Lipinski definition) is 1. The van der Waals surface area contributed by atoms with Crippen LogP contribution >= 0.6 is 22.6 Å². The summed E-state index contributed by atoms with van der Waals surface area (Å²) in [5.74, 6) is -1.65. The average molecular weight is 393 g/mol. The molecular weight excluding hydrogens is 376 g/mol. The van der Waals surface area contributed by atoms with Crippen molar-refractivity contribution in [3.63, 3.8) is 0 Å². The molecule has 0 fully saturated rings. The zero-order valence-electron chi connectivity index (χ0n) is 11.6. The summed E-state index contributed by atoms with van der Waals surface area (Å²) in [4.78, 5) is 24.8. The molecule has 0 aliphatic rings. The van der Waals surface area contributed by atoms with E-state index in [1.807, 2.05) is 43.4 Å². The fraction of sp³-hybridized carbons (Fsp3) is 0.429. The van der Waals surface area contributed by atoms with E-state index in [9.17, 15) is 14.0 Å². The van der Waals surface area contributed by atoms with Crippen molar-refractivity contribution in [3.8, 4) is 0 Å². The van der Waals surface area contributed by atoms with E-state index in [-0.39, 0.29) is 18.9 Å². The molecule has 1 aromatic rings. The van der Waals surface area contributed by atoms with E-state index >= 15 is 0 Å². The van der Waals surface area contributed by atoms with Crippen LogP contribution in [0.5, 0.6) is 0 Å². The highest BCUT2D eigenvalue weighted by molar-refractivity contribution is 14.1. The van der Waals surface area contributed by atoms with E-state index in [0.29, 0.717) is 9.13 Å². The third-order valence-corrected chi connectivity index (χ3v) is 3.66. The van der Waals surface area contributed by atoms with E-state index in [0.717, 1.165) is 0 Å². The molecule has 110 valence electrons. The van der Waals surface area contributed by atoms with Crippen LogP contribution in [-0.2, 0) is 4.79 Å². The molecule has 0 heterocycles. The summed E-state index contributed by atoms with van der Waals surface area (Å²) in [6, 6.07) is 3.94. The number of carbonyl (C=O) groups is 2. The van der Waals surface area contributed by atoms with Crippen LogP contribution in [0.4, 0.5) is 4.39 Å². The molecule has 20 heavy (non-hydrogen) atoms. The molecule has 0 aromatic heterocycles. The number of rotatable bonds is 4. The molecular formula is C14H17FINO3. The van der Waals surface area contributed by atoms with Gasteiger partial charge in [0.15, 0.2) is 0 Å². The minimum Gasteiger partial charge on any atom is -0.481 e. The lowest BCUT2D eigenvalue weighted by atomic mass is 10.0. The lowest BCUT2D eigenvalue weighted by Gasteiger charge is -2.35.